The Kier molecular flexibility index (Phi) is 6.69. The van der Waals surface area contributed by atoms with Crippen LogP contribution in [0.2, 0.25) is 0 Å². The topological polar surface area (TPSA) is 97.7 Å². The first-order valence-electron chi connectivity index (χ1n) is 6.59. The average molecular weight is 304 g/mol. The Bertz CT molecular complexity index is 598. The van der Waals surface area contributed by atoms with Crippen LogP contribution < -0.4 is 4.74 Å². The molecule has 0 aliphatic rings. The van der Waals surface area contributed by atoms with Crippen LogP contribution in [0.25, 0.3) is 6.08 Å². The Balaban J connectivity index is 2.54. The minimum absolute atomic E-state index is 0.129. The van der Waals surface area contributed by atoms with Gasteiger partial charge in [-0.3, -0.25) is 19.2 Å². The van der Waals surface area contributed by atoms with Crippen molar-refractivity contribution in [2.24, 2.45) is 0 Å². The number of esters is 1. The lowest BCUT2D eigenvalue weighted by atomic mass is 10.1. The highest BCUT2D eigenvalue weighted by Crippen LogP contribution is 2.14. The van der Waals surface area contributed by atoms with Crippen molar-refractivity contribution in [2.75, 3.05) is 0 Å². The van der Waals surface area contributed by atoms with Gasteiger partial charge in [0.2, 0.25) is 0 Å². The third-order valence-corrected chi connectivity index (χ3v) is 2.54. The van der Waals surface area contributed by atoms with Gasteiger partial charge in [-0.15, -0.1) is 0 Å². The number of carboxylic acids is 1. The van der Waals surface area contributed by atoms with Gasteiger partial charge in [0.1, 0.15) is 11.5 Å². The minimum atomic E-state index is -1.06. The van der Waals surface area contributed by atoms with Crippen molar-refractivity contribution in [3.63, 3.8) is 0 Å². The molecule has 0 aliphatic heterocycles. The van der Waals surface area contributed by atoms with Crippen molar-refractivity contribution in [3.8, 4) is 5.75 Å². The highest BCUT2D eigenvalue weighted by molar-refractivity contribution is 6.05. The average Bonchev–Trinajstić information content (AvgIpc) is 2.43. The molecule has 1 N–H and O–H groups in total. The van der Waals surface area contributed by atoms with Crippen LogP contribution in [0.3, 0.4) is 0 Å². The molecule has 0 radical (unpaired) electrons. The maximum absolute atomic E-state index is 11.3. The number of allylic oxidation sites excluding steroid dienone is 1. The van der Waals surface area contributed by atoms with Crippen LogP contribution in [0.5, 0.6) is 5.75 Å². The van der Waals surface area contributed by atoms with Crippen LogP contribution in [-0.2, 0) is 19.2 Å². The Morgan fingerprint density at radius 2 is 1.73 bits per heavy atom. The van der Waals surface area contributed by atoms with Crippen molar-refractivity contribution in [1.82, 2.24) is 0 Å². The summed E-state index contributed by atoms with van der Waals surface area (Å²) in [5.74, 6) is -1.87. The molecule has 0 saturated carbocycles. The molecule has 0 unspecified atom stereocenters. The summed E-state index contributed by atoms with van der Waals surface area (Å²) in [6.07, 6.45) is 2.26. The fraction of sp³-hybridized carbons (Fsp3) is 0.250. The Labute approximate surface area is 127 Å². The number of carboxylic acid groups (broad SMARTS) is 1. The van der Waals surface area contributed by atoms with E-state index >= 15 is 0 Å². The van der Waals surface area contributed by atoms with Crippen molar-refractivity contribution >= 4 is 29.6 Å². The van der Waals surface area contributed by atoms with Crippen LogP contribution in [0, 0.1) is 0 Å². The molecular weight excluding hydrogens is 288 g/mol. The lowest BCUT2D eigenvalue weighted by Crippen LogP contribution is -2.10. The van der Waals surface area contributed by atoms with Crippen LogP contribution in [0.15, 0.2) is 30.3 Å². The summed E-state index contributed by atoms with van der Waals surface area (Å²) in [5, 5.41) is 8.46. The number of hydrogen-bond acceptors (Lipinski definition) is 5. The quantitative estimate of drug-likeness (QED) is 0.341. The van der Waals surface area contributed by atoms with Gasteiger partial charge in [0.25, 0.3) is 0 Å². The van der Waals surface area contributed by atoms with E-state index in [-0.39, 0.29) is 30.8 Å². The van der Waals surface area contributed by atoms with E-state index in [2.05, 4.69) is 0 Å². The summed E-state index contributed by atoms with van der Waals surface area (Å²) in [5.41, 5.74) is 0.710. The molecule has 6 heteroatoms. The van der Waals surface area contributed by atoms with E-state index in [9.17, 15) is 19.2 Å². The zero-order chi connectivity index (χ0) is 16.5. The first-order valence-corrected chi connectivity index (χ1v) is 6.59. The molecule has 0 heterocycles. The first kappa shape index (κ1) is 17.3. The molecular formula is C16H16O6. The van der Waals surface area contributed by atoms with E-state index in [1.165, 1.54) is 25.1 Å². The number of benzene rings is 1. The summed E-state index contributed by atoms with van der Waals surface area (Å²) in [6, 6.07) is 6.34. The summed E-state index contributed by atoms with van der Waals surface area (Å²) >= 11 is 0. The van der Waals surface area contributed by atoms with Gasteiger partial charge < -0.3 is 9.84 Å². The predicted molar refractivity (Wildman–Crippen MR) is 78.3 cm³/mol. The van der Waals surface area contributed by atoms with Gasteiger partial charge in [-0.05, 0) is 30.7 Å². The number of rotatable bonds is 8. The van der Waals surface area contributed by atoms with Gasteiger partial charge in [0.05, 0.1) is 19.3 Å². The molecule has 0 spiro atoms. The van der Waals surface area contributed by atoms with E-state index in [1.54, 1.807) is 18.2 Å². The number of ether oxygens (including phenoxy) is 1. The number of ketones is 2. The van der Waals surface area contributed by atoms with Crippen LogP contribution in [0.4, 0.5) is 0 Å². The Hall–Kier alpha value is -2.76. The van der Waals surface area contributed by atoms with Crippen LogP contribution in [-0.4, -0.2) is 28.6 Å². The summed E-state index contributed by atoms with van der Waals surface area (Å²) in [6.45, 7) is 1.35. The fourth-order valence-electron chi connectivity index (χ4n) is 1.53. The molecule has 0 amide bonds. The molecule has 116 valence electrons. The molecule has 0 saturated heterocycles. The largest absolute Gasteiger partial charge is 0.481 e. The van der Waals surface area contributed by atoms with Gasteiger partial charge in [-0.2, -0.15) is 0 Å². The molecule has 1 aromatic carbocycles. The van der Waals surface area contributed by atoms with Gasteiger partial charge in [-0.1, -0.05) is 18.2 Å². The smallest absolute Gasteiger partial charge is 0.311 e. The van der Waals surface area contributed by atoms with E-state index < -0.39 is 11.9 Å². The molecule has 0 aromatic heterocycles. The highest BCUT2D eigenvalue weighted by atomic mass is 16.5. The minimum Gasteiger partial charge on any atom is -0.481 e. The zero-order valence-electron chi connectivity index (χ0n) is 12.1. The molecule has 0 bridgehead atoms. The van der Waals surface area contributed by atoms with Crippen molar-refractivity contribution in [1.29, 1.82) is 0 Å². The second kappa shape index (κ2) is 8.51. The molecule has 1 aromatic rings. The number of carbonyl (C=O) groups is 4. The van der Waals surface area contributed by atoms with E-state index in [4.69, 9.17) is 9.84 Å². The van der Waals surface area contributed by atoms with E-state index in [0.29, 0.717) is 11.3 Å². The highest BCUT2D eigenvalue weighted by Gasteiger charge is 2.07. The Morgan fingerprint density at radius 1 is 1.09 bits per heavy atom. The maximum Gasteiger partial charge on any atom is 0.311 e. The molecule has 1 rings (SSSR count). The SMILES string of the molecule is CC(=O)CC(=O)C=Cc1ccc(OC(=O)CCC(=O)O)cc1. The predicted octanol–water partition coefficient (Wildman–Crippen LogP) is 2.02. The third kappa shape index (κ3) is 7.14. The number of hydrogen-bond donors (Lipinski definition) is 1. The standard InChI is InChI=1S/C16H16O6/c1-11(17)10-13(18)5-2-12-3-6-14(7-4-12)22-16(21)9-8-15(19)20/h2-7H,8-10H2,1H3,(H,19,20). The zero-order valence-corrected chi connectivity index (χ0v) is 12.1. The summed E-state index contributed by atoms with van der Waals surface area (Å²) in [4.78, 5) is 43.8. The molecule has 0 atom stereocenters. The second-order valence-electron chi connectivity index (χ2n) is 4.62. The lowest BCUT2D eigenvalue weighted by Gasteiger charge is -2.03. The monoisotopic (exact) mass is 304 g/mol. The summed E-state index contributed by atoms with van der Waals surface area (Å²) in [7, 11) is 0. The van der Waals surface area contributed by atoms with Crippen LogP contribution in [0.1, 0.15) is 31.7 Å². The maximum atomic E-state index is 11.3. The van der Waals surface area contributed by atoms with Gasteiger partial charge in [-0.25, -0.2) is 0 Å². The molecule has 22 heavy (non-hydrogen) atoms. The normalized spacial score (nSPS) is 10.4. The number of Topliss-reactive ketones (excluding diaryl/α,β-unsaturated/α-hetero) is 1. The third-order valence-electron chi connectivity index (χ3n) is 2.54. The first-order chi connectivity index (χ1) is 10.4. The fourth-order valence-corrected chi connectivity index (χ4v) is 1.53. The van der Waals surface area contributed by atoms with Crippen molar-refractivity contribution in [3.05, 3.63) is 35.9 Å². The van der Waals surface area contributed by atoms with E-state index in [1.807, 2.05) is 0 Å². The van der Waals surface area contributed by atoms with Crippen molar-refractivity contribution < 1.29 is 29.0 Å². The van der Waals surface area contributed by atoms with Crippen LogP contribution >= 0.6 is 0 Å². The van der Waals surface area contributed by atoms with Gasteiger partial charge in [0.15, 0.2) is 5.78 Å². The van der Waals surface area contributed by atoms with Gasteiger partial charge >= 0.3 is 11.9 Å². The molecule has 6 nitrogen and oxygen atoms in total. The Morgan fingerprint density at radius 3 is 2.27 bits per heavy atom. The lowest BCUT2D eigenvalue weighted by molar-refractivity contribution is -0.142. The molecule has 0 aliphatic carbocycles. The van der Waals surface area contributed by atoms with Gasteiger partial charge in [0, 0.05) is 0 Å². The van der Waals surface area contributed by atoms with E-state index in [0.717, 1.165) is 0 Å². The molecule has 0 fully saturated rings. The number of carbonyl (C=O) groups excluding carboxylic acids is 3. The summed E-state index contributed by atoms with van der Waals surface area (Å²) < 4.78 is 4.96. The van der Waals surface area contributed by atoms with Crippen molar-refractivity contribution in [2.45, 2.75) is 26.2 Å². The second-order valence-corrected chi connectivity index (χ2v) is 4.62. The number of aliphatic carboxylic acids is 1.